The summed E-state index contributed by atoms with van der Waals surface area (Å²) in [5, 5.41) is 2.49. The van der Waals surface area contributed by atoms with Crippen molar-refractivity contribution in [1.29, 1.82) is 0 Å². The van der Waals surface area contributed by atoms with E-state index in [-0.39, 0.29) is 16.2 Å². The second-order valence-electron chi connectivity index (χ2n) is 7.39. The first-order chi connectivity index (χ1) is 13.5. The van der Waals surface area contributed by atoms with Gasteiger partial charge in [0.15, 0.2) is 0 Å². The van der Waals surface area contributed by atoms with Gasteiger partial charge in [-0.25, -0.2) is 18.0 Å². The van der Waals surface area contributed by atoms with Crippen LogP contribution in [0.25, 0.3) is 0 Å². The zero-order chi connectivity index (χ0) is 21.7. The number of esters is 1. The molecule has 1 N–H and O–H groups in total. The van der Waals surface area contributed by atoms with Crippen molar-refractivity contribution in [3.05, 3.63) is 60.2 Å². The lowest BCUT2D eigenvalue weighted by Crippen LogP contribution is -2.45. The molecule has 0 heterocycles. The van der Waals surface area contributed by atoms with E-state index >= 15 is 0 Å². The highest BCUT2D eigenvalue weighted by Crippen LogP contribution is 2.21. The van der Waals surface area contributed by atoms with Crippen LogP contribution in [0.5, 0.6) is 0 Å². The van der Waals surface area contributed by atoms with Crippen molar-refractivity contribution in [2.24, 2.45) is 0 Å². The maximum absolute atomic E-state index is 12.7. The van der Waals surface area contributed by atoms with Gasteiger partial charge < -0.3 is 14.8 Å². The number of carbonyl (C=O) groups excluding carboxylic acids is 2. The molecule has 1 amide bonds. The summed E-state index contributed by atoms with van der Waals surface area (Å²) in [5.41, 5.74) is -0.0541. The average Bonchev–Trinajstić information content (AvgIpc) is 2.66. The Kier molecular flexibility index (Phi) is 7.02. The number of hydrogen-bond acceptors (Lipinski definition) is 6. The van der Waals surface area contributed by atoms with E-state index in [9.17, 15) is 18.0 Å². The number of methoxy groups -OCH3 is 1. The highest BCUT2D eigenvalue weighted by molar-refractivity contribution is 7.91. The Balaban J connectivity index is 2.16. The van der Waals surface area contributed by atoms with Gasteiger partial charge >= 0.3 is 12.1 Å². The van der Waals surface area contributed by atoms with Crippen molar-refractivity contribution in [2.45, 2.75) is 48.6 Å². The molecular formula is C21H25NO6S. The van der Waals surface area contributed by atoms with E-state index in [1.54, 1.807) is 51.1 Å². The predicted molar refractivity (Wildman–Crippen MR) is 107 cm³/mol. The van der Waals surface area contributed by atoms with Crippen molar-refractivity contribution in [2.75, 3.05) is 7.11 Å². The fourth-order valence-corrected chi connectivity index (χ4v) is 3.84. The van der Waals surface area contributed by atoms with E-state index in [0.29, 0.717) is 5.56 Å². The summed E-state index contributed by atoms with van der Waals surface area (Å²) < 4.78 is 35.2. The van der Waals surface area contributed by atoms with E-state index in [0.717, 1.165) is 0 Å². The summed E-state index contributed by atoms with van der Waals surface area (Å²) in [4.78, 5) is 24.4. The second-order valence-corrected chi connectivity index (χ2v) is 9.34. The lowest BCUT2D eigenvalue weighted by molar-refractivity contribution is -0.143. The number of rotatable bonds is 6. The molecule has 8 heteroatoms. The zero-order valence-electron chi connectivity index (χ0n) is 16.8. The number of benzene rings is 2. The summed E-state index contributed by atoms with van der Waals surface area (Å²) in [6.07, 6.45) is -0.617. The minimum absolute atomic E-state index is 0.123. The summed E-state index contributed by atoms with van der Waals surface area (Å²) >= 11 is 0. The van der Waals surface area contributed by atoms with Gasteiger partial charge in [0.05, 0.1) is 16.9 Å². The smallest absolute Gasteiger partial charge is 0.408 e. The van der Waals surface area contributed by atoms with Crippen LogP contribution < -0.4 is 5.32 Å². The maximum Gasteiger partial charge on any atom is 0.408 e. The normalized spacial score (nSPS) is 12.7. The Hall–Kier alpha value is -2.87. The molecule has 0 radical (unpaired) electrons. The molecule has 0 saturated carbocycles. The van der Waals surface area contributed by atoms with E-state index in [4.69, 9.17) is 9.47 Å². The minimum atomic E-state index is -3.63. The van der Waals surface area contributed by atoms with E-state index < -0.39 is 33.5 Å². The topological polar surface area (TPSA) is 98.8 Å². The lowest BCUT2D eigenvalue weighted by atomic mass is 10.1. The summed E-state index contributed by atoms with van der Waals surface area (Å²) in [6, 6.07) is 13.3. The first-order valence-corrected chi connectivity index (χ1v) is 10.5. The van der Waals surface area contributed by atoms with Gasteiger partial charge in [0.1, 0.15) is 11.6 Å². The monoisotopic (exact) mass is 419 g/mol. The fourth-order valence-electron chi connectivity index (χ4n) is 2.56. The van der Waals surface area contributed by atoms with E-state index in [1.807, 2.05) is 0 Å². The van der Waals surface area contributed by atoms with Gasteiger partial charge in [-0.3, -0.25) is 0 Å². The standard InChI is InChI=1S/C21H25NO6S/c1-21(2,3)28-20(24)22-18(19(23)27-4)14-15-10-12-17(13-11-15)29(25,26)16-8-6-5-7-9-16/h5-13,18H,14H2,1-4H3,(H,22,24)/t18-/m0/s1. The maximum atomic E-state index is 12.7. The van der Waals surface area contributed by atoms with Crippen LogP contribution in [0.3, 0.4) is 0 Å². The molecule has 156 valence electrons. The Morgan fingerprint density at radius 3 is 2.03 bits per heavy atom. The Morgan fingerprint density at radius 1 is 0.966 bits per heavy atom. The molecule has 2 rings (SSSR count). The number of nitrogens with one attached hydrogen (secondary N) is 1. The van der Waals surface area contributed by atoms with Crippen LogP contribution in [-0.4, -0.2) is 39.2 Å². The predicted octanol–water partition coefficient (Wildman–Crippen LogP) is 3.13. The minimum Gasteiger partial charge on any atom is -0.467 e. The third kappa shape index (κ3) is 6.32. The van der Waals surface area contributed by atoms with Gasteiger partial charge in [-0.1, -0.05) is 30.3 Å². The second kappa shape index (κ2) is 9.09. The molecule has 2 aromatic carbocycles. The SMILES string of the molecule is COC(=O)[C@H](Cc1ccc(S(=O)(=O)c2ccccc2)cc1)NC(=O)OC(C)(C)C. The molecule has 2 aromatic rings. The molecule has 0 aliphatic heterocycles. The summed E-state index contributed by atoms with van der Waals surface area (Å²) in [6.45, 7) is 5.14. The van der Waals surface area contributed by atoms with Crippen LogP contribution in [0.15, 0.2) is 64.4 Å². The Labute approximate surface area is 170 Å². The van der Waals surface area contributed by atoms with Crippen LogP contribution in [0.2, 0.25) is 0 Å². The largest absolute Gasteiger partial charge is 0.467 e. The Bertz CT molecular complexity index is 947. The van der Waals surface area contributed by atoms with E-state index in [2.05, 4.69) is 5.32 Å². The number of sulfone groups is 1. The number of ether oxygens (including phenoxy) is 2. The number of carbonyl (C=O) groups is 2. The average molecular weight is 419 g/mol. The molecular weight excluding hydrogens is 394 g/mol. The van der Waals surface area contributed by atoms with Gasteiger partial charge in [0.25, 0.3) is 0 Å². The first kappa shape index (κ1) is 22.4. The van der Waals surface area contributed by atoms with Crippen LogP contribution in [-0.2, 0) is 30.5 Å². The van der Waals surface area contributed by atoms with Crippen molar-refractivity contribution in [3.63, 3.8) is 0 Å². The molecule has 0 aliphatic carbocycles. The molecule has 0 saturated heterocycles. The highest BCUT2D eigenvalue weighted by Gasteiger charge is 2.25. The third-order valence-corrected chi connectivity index (χ3v) is 5.69. The molecule has 0 spiro atoms. The lowest BCUT2D eigenvalue weighted by Gasteiger charge is -2.22. The number of alkyl carbamates (subject to hydrolysis) is 1. The summed E-state index contributed by atoms with van der Waals surface area (Å²) in [7, 11) is -2.40. The van der Waals surface area contributed by atoms with Gasteiger partial charge in [0, 0.05) is 6.42 Å². The van der Waals surface area contributed by atoms with Crippen LogP contribution in [0.1, 0.15) is 26.3 Å². The quantitative estimate of drug-likeness (QED) is 0.723. The van der Waals surface area contributed by atoms with Crippen molar-refractivity contribution >= 4 is 21.9 Å². The molecule has 0 unspecified atom stereocenters. The molecule has 0 aliphatic rings. The number of amides is 1. The molecule has 0 bridgehead atoms. The fraction of sp³-hybridized carbons (Fsp3) is 0.333. The van der Waals surface area contributed by atoms with Gasteiger partial charge in [-0.05, 0) is 50.6 Å². The van der Waals surface area contributed by atoms with Crippen molar-refractivity contribution < 1.29 is 27.5 Å². The van der Waals surface area contributed by atoms with Crippen LogP contribution >= 0.6 is 0 Å². The molecule has 7 nitrogen and oxygen atoms in total. The van der Waals surface area contributed by atoms with Crippen molar-refractivity contribution in [1.82, 2.24) is 5.32 Å². The zero-order valence-corrected chi connectivity index (χ0v) is 17.7. The van der Waals surface area contributed by atoms with Gasteiger partial charge in [-0.15, -0.1) is 0 Å². The highest BCUT2D eigenvalue weighted by atomic mass is 32.2. The number of hydrogen-bond donors (Lipinski definition) is 1. The summed E-state index contributed by atoms with van der Waals surface area (Å²) in [5.74, 6) is -0.628. The van der Waals surface area contributed by atoms with E-state index in [1.165, 1.54) is 31.4 Å². The molecule has 1 atom stereocenters. The van der Waals surface area contributed by atoms with Gasteiger partial charge in [0.2, 0.25) is 9.84 Å². The first-order valence-electron chi connectivity index (χ1n) is 8.99. The molecule has 0 fully saturated rings. The molecule has 29 heavy (non-hydrogen) atoms. The van der Waals surface area contributed by atoms with Crippen LogP contribution in [0, 0.1) is 0 Å². The third-order valence-electron chi connectivity index (χ3n) is 3.90. The van der Waals surface area contributed by atoms with Crippen molar-refractivity contribution in [3.8, 4) is 0 Å². The van der Waals surface area contributed by atoms with Crippen LogP contribution in [0.4, 0.5) is 4.79 Å². The Morgan fingerprint density at radius 2 is 1.52 bits per heavy atom. The molecule has 0 aromatic heterocycles. The van der Waals surface area contributed by atoms with Gasteiger partial charge in [-0.2, -0.15) is 0 Å².